The lowest BCUT2D eigenvalue weighted by Gasteiger charge is -2.29. The highest BCUT2D eigenvalue weighted by atomic mass is 19.2. The first kappa shape index (κ1) is 22.7. The predicted molar refractivity (Wildman–Crippen MR) is 115 cm³/mol. The van der Waals surface area contributed by atoms with E-state index in [0.29, 0.717) is 18.9 Å². The molecule has 174 valence electrons. The van der Waals surface area contributed by atoms with Gasteiger partial charge in [0.15, 0.2) is 23.1 Å². The number of morpholine rings is 1. The monoisotopic (exact) mass is 461 g/mol. The van der Waals surface area contributed by atoms with Crippen LogP contribution < -0.4 is 15.8 Å². The summed E-state index contributed by atoms with van der Waals surface area (Å²) in [4.78, 5) is 18.3. The number of halogens is 3. The van der Waals surface area contributed by atoms with Gasteiger partial charge in [-0.15, -0.1) is 0 Å². The van der Waals surface area contributed by atoms with Crippen molar-refractivity contribution < 1.29 is 23.0 Å². The molecule has 0 unspecified atom stereocenters. The van der Waals surface area contributed by atoms with Crippen molar-refractivity contribution in [2.45, 2.75) is 20.1 Å². The Labute approximate surface area is 187 Å². The van der Waals surface area contributed by atoms with Crippen LogP contribution in [0.15, 0.2) is 35.1 Å². The van der Waals surface area contributed by atoms with Gasteiger partial charge in [-0.3, -0.25) is 4.79 Å². The summed E-state index contributed by atoms with van der Waals surface area (Å²) in [6.07, 6.45) is 0. The van der Waals surface area contributed by atoms with Gasteiger partial charge in [-0.25, -0.2) is 17.9 Å². The maximum Gasteiger partial charge on any atom is 0.298 e. The molecule has 4 rings (SSSR count). The Bertz CT molecular complexity index is 1210. The number of rotatable bonds is 6. The molecule has 8 nitrogen and oxygen atoms in total. The Hall–Kier alpha value is -3.44. The molecule has 1 saturated heterocycles. The normalized spacial score (nSPS) is 13.9. The van der Waals surface area contributed by atoms with Crippen molar-refractivity contribution in [1.82, 2.24) is 14.8 Å². The van der Waals surface area contributed by atoms with Crippen LogP contribution in [0.3, 0.4) is 0 Å². The molecule has 0 atom stereocenters. The molecule has 2 heterocycles. The summed E-state index contributed by atoms with van der Waals surface area (Å²) in [6, 6.07) is 7.40. The van der Waals surface area contributed by atoms with E-state index in [1.165, 1.54) is 4.68 Å². The van der Waals surface area contributed by atoms with E-state index in [4.69, 9.17) is 4.74 Å². The van der Waals surface area contributed by atoms with Gasteiger partial charge in [-0.1, -0.05) is 0 Å². The number of nitrogens with one attached hydrogen (secondary N) is 1. The minimum absolute atomic E-state index is 0.00423. The number of aliphatic hydroxyl groups excluding tert-OH is 1. The second kappa shape index (κ2) is 9.59. The van der Waals surface area contributed by atoms with E-state index in [2.05, 4.69) is 20.3 Å². The lowest BCUT2D eigenvalue weighted by molar-refractivity contribution is 0.122. The topological polar surface area (TPSA) is 92.5 Å². The molecule has 0 saturated carbocycles. The number of ether oxygens (including phenoxy) is 1. The first-order valence-corrected chi connectivity index (χ1v) is 10.3. The molecular weight excluding hydrogens is 439 g/mol. The average molecular weight is 461 g/mol. The van der Waals surface area contributed by atoms with Crippen molar-refractivity contribution in [3.63, 3.8) is 0 Å². The standard InChI is InChI=1S/C22H22F3N5O3/c1-13-8-15(29-4-6-33-7-5-29)2-3-18(13)26-22-27-21(32)19(12-31)28-30(22)11-14-9-16(23)20(25)17(24)10-14/h2-3,8-10,31H,4-7,11-12H2,1H3,(H,26,27,32). The summed E-state index contributed by atoms with van der Waals surface area (Å²) in [7, 11) is 0. The van der Waals surface area contributed by atoms with Crippen molar-refractivity contribution in [2.75, 3.05) is 36.5 Å². The Kier molecular flexibility index (Phi) is 6.61. The summed E-state index contributed by atoms with van der Waals surface area (Å²) in [6.45, 7) is 3.88. The number of nitrogens with zero attached hydrogens (tertiary/aromatic N) is 4. The van der Waals surface area contributed by atoms with E-state index in [9.17, 15) is 23.1 Å². The fraction of sp³-hybridized carbons (Fsp3) is 0.318. The highest BCUT2D eigenvalue weighted by molar-refractivity contribution is 5.64. The maximum absolute atomic E-state index is 13.7. The van der Waals surface area contributed by atoms with Crippen LogP contribution in [0.2, 0.25) is 0 Å². The minimum Gasteiger partial charge on any atom is -0.390 e. The van der Waals surface area contributed by atoms with E-state index in [1.54, 1.807) is 0 Å². The van der Waals surface area contributed by atoms with Gasteiger partial charge in [0, 0.05) is 24.5 Å². The molecule has 0 bridgehead atoms. The summed E-state index contributed by atoms with van der Waals surface area (Å²) in [5.41, 5.74) is 1.62. The van der Waals surface area contributed by atoms with E-state index in [-0.39, 0.29) is 23.8 Å². The Balaban J connectivity index is 1.66. The van der Waals surface area contributed by atoms with E-state index in [0.717, 1.165) is 36.5 Å². The molecule has 0 spiro atoms. The van der Waals surface area contributed by atoms with Crippen LogP contribution in [0.1, 0.15) is 16.8 Å². The molecular formula is C22H22F3N5O3. The predicted octanol–water partition coefficient (Wildman–Crippen LogP) is 2.48. The highest BCUT2D eigenvalue weighted by Gasteiger charge is 2.16. The van der Waals surface area contributed by atoms with Crippen LogP contribution in [-0.4, -0.2) is 46.2 Å². The van der Waals surface area contributed by atoms with Crippen molar-refractivity contribution in [1.29, 1.82) is 0 Å². The Morgan fingerprint density at radius 3 is 2.45 bits per heavy atom. The summed E-state index contributed by atoms with van der Waals surface area (Å²) >= 11 is 0. The van der Waals surface area contributed by atoms with Gasteiger partial charge < -0.3 is 20.1 Å². The molecule has 11 heteroatoms. The third kappa shape index (κ3) is 4.99. The smallest absolute Gasteiger partial charge is 0.298 e. The summed E-state index contributed by atoms with van der Waals surface area (Å²) < 4.78 is 47.2. The number of benzene rings is 2. The third-order valence-corrected chi connectivity index (χ3v) is 5.30. The SMILES string of the molecule is Cc1cc(N2CCOCC2)ccc1Nc1nc(=O)c(CO)nn1Cc1cc(F)c(F)c(F)c1. The van der Waals surface area contributed by atoms with Crippen LogP contribution in [0, 0.1) is 24.4 Å². The minimum atomic E-state index is -1.57. The molecule has 2 aromatic carbocycles. The van der Waals surface area contributed by atoms with Crippen LogP contribution >= 0.6 is 0 Å². The molecule has 3 aromatic rings. The van der Waals surface area contributed by atoms with Crippen LogP contribution in [0.5, 0.6) is 0 Å². The molecule has 0 amide bonds. The van der Waals surface area contributed by atoms with Gasteiger partial charge in [0.05, 0.1) is 26.4 Å². The second-order valence-corrected chi connectivity index (χ2v) is 7.60. The maximum atomic E-state index is 13.7. The molecule has 1 fully saturated rings. The quantitative estimate of drug-likeness (QED) is 0.545. The van der Waals surface area contributed by atoms with Gasteiger partial charge in [-0.2, -0.15) is 10.1 Å². The van der Waals surface area contributed by atoms with E-state index in [1.807, 2.05) is 25.1 Å². The fourth-order valence-corrected chi connectivity index (χ4v) is 3.56. The highest BCUT2D eigenvalue weighted by Crippen LogP contribution is 2.25. The van der Waals surface area contributed by atoms with E-state index < -0.39 is 29.6 Å². The number of aryl methyl sites for hydroxylation is 1. The fourth-order valence-electron chi connectivity index (χ4n) is 3.56. The number of anilines is 3. The van der Waals surface area contributed by atoms with Crippen molar-refractivity contribution >= 4 is 17.3 Å². The van der Waals surface area contributed by atoms with Crippen LogP contribution in [-0.2, 0) is 17.9 Å². The number of hydrogen-bond acceptors (Lipinski definition) is 7. The molecule has 1 aromatic heterocycles. The van der Waals surface area contributed by atoms with Gasteiger partial charge >= 0.3 is 0 Å². The average Bonchev–Trinajstić information content (AvgIpc) is 2.81. The summed E-state index contributed by atoms with van der Waals surface area (Å²) in [5, 5.41) is 16.5. The summed E-state index contributed by atoms with van der Waals surface area (Å²) in [5.74, 6) is -4.25. The molecule has 0 aliphatic carbocycles. The second-order valence-electron chi connectivity index (χ2n) is 7.60. The largest absolute Gasteiger partial charge is 0.390 e. The number of aliphatic hydroxyl groups is 1. The van der Waals surface area contributed by atoms with Crippen molar-refractivity contribution in [3.05, 3.63) is 75.0 Å². The van der Waals surface area contributed by atoms with Gasteiger partial charge in [0.1, 0.15) is 0 Å². The number of hydrogen-bond donors (Lipinski definition) is 2. The van der Waals surface area contributed by atoms with Crippen LogP contribution in [0.4, 0.5) is 30.5 Å². The van der Waals surface area contributed by atoms with Gasteiger partial charge in [0.2, 0.25) is 5.95 Å². The zero-order valence-corrected chi connectivity index (χ0v) is 17.8. The third-order valence-electron chi connectivity index (χ3n) is 5.30. The zero-order chi connectivity index (χ0) is 23.5. The lowest BCUT2D eigenvalue weighted by atomic mass is 10.1. The molecule has 0 radical (unpaired) electrons. The molecule has 1 aliphatic heterocycles. The zero-order valence-electron chi connectivity index (χ0n) is 17.8. The van der Waals surface area contributed by atoms with Crippen molar-refractivity contribution in [3.8, 4) is 0 Å². The Morgan fingerprint density at radius 1 is 1.12 bits per heavy atom. The van der Waals surface area contributed by atoms with Gasteiger partial charge in [-0.05, 0) is 48.4 Å². The van der Waals surface area contributed by atoms with Crippen LogP contribution in [0.25, 0.3) is 0 Å². The molecule has 2 N–H and O–H groups in total. The first-order valence-electron chi connectivity index (χ1n) is 10.3. The number of aromatic nitrogens is 3. The van der Waals surface area contributed by atoms with E-state index >= 15 is 0 Å². The van der Waals surface area contributed by atoms with Crippen molar-refractivity contribution in [2.24, 2.45) is 0 Å². The molecule has 33 heavy (non-hydrogen) atoms. The molecule has 1 aliphatic rings. The van der Waals surface area contributed by atoms with Gasteiger partial charge in [0.25, 0.3) is 5.56 Å². The first-order chi connectivity index (χ1) is 15.9. The Morgan fingerprint density at radius 2 is 1.82 bits per heavy atom. The lowest BCUT2D eigenvalue weighted by Crippen LogP contribution is -2.36.